The lowest BCUT2D eigenvalue weighted by molar-refractivity contribution is -0.0718. The molecule has 2 aliphatic rings. The standard InChI is InChI=1S/C14H28N2O/c1-12(13-5-9-16(2)10-6-13)15-11-14(17-3)7-4-8-14/h12-13,15H,4-11H2,1-3H3. The van der Waals surface area contributed by atoms with E-state index >= 15 is 0 Å². The molecule has 1 saturated heterocycles. The van der Waals surface area contributed by atoms with E-state index < -0.39 is 0 Å². The Hall–Kier alpha value is -0.120. The molecule has 17 heavy (non-hydrogen) atoms. The molecule has 1 heterocycles. The molecule has 1 N–H and O–H groups in total. The van der Waals surface area contributed by atoms with E-state index in [1.807, 2.05) is 7.11 Å². The van der Waals surface area contributed by atoms with Crippen molar-refractivity contribution in [3.8, 4) is 0 Å². The molecule has 2 rings (SSSR count). The largest absolute Gasteiger partial charge is 0.377 e. The quantitative estimate of drug-likeness (QED) is 0.794. The summed E-state index contributed by atoms with van der Waals surface area (Å²) in [6, 6.07) is 0.635. The van der Waals surface area contributed by atoms with Gasteiger partial charge in [0.2, 0.25) is 0 Å². The second kappa shape index (κ2) is 5.68. The number of likely N-dealkylation sites (tertiary alicyclic amines) is 1. The predicted octanol–water partition coefficient (Wildman–Crippen LogP) is 1.88. The van der Waals surface area contributed by atoms with E-state index in [0.717, 1.165) is 12.5 Å². The van der Waals surface area contributed by atoms with Crippen molar-refractivity contribution in [1.82, 2.24) is 10.2 Å². The Bertz CT molecular complexity index is 227. The van der Waals surface area contributed by atoms with Crippen molar-refractivity contribution in [2.45, 2.75) is 50.7 Å². The number of hydrogen-bond donors (Lipinski definition) is 1. The number of nitrogens with zero attached hydrogens (tertiary/aromatic N) is 1. The lowest BCUT2D eigenvalue weighted by atomic mass is 9.79. The van der Waals surface area contributed by atoms with Crippen LogP contribution in [0.2, 0.25) is 0 Å². The molecule has 1 atom stereocenters. The van der Waals surface area contributed by atoms with Gasteiger partial charge in [0.25, 0.3) is 0 Å². The van der Waals surface area contributed by atoms with E-state index in [0.29, 0.717) is 6.04 Å². The van der Waals surface area contributed by atoms with Crippen LogP contribution in [-0.4, -0.2) is 50.3 Å². The summed E-state index contributed by atoms with van der Waals surface area (Å²) in [6.07, 6.45) is 6.47. The minimum Gasteiger partial charge on any atom is -0.377 e. The Labute approximate surface area is 106 Å². The van der Waals surface area contributed by atoms with Crippen molar-refractivity contribution in [1.29, 1.82) is 0 Å². The molecule has 0 aromatic rings. The summed E-state index contributed by atoms with van der Waals surface area (Å²) in [7, 11) is 4.09. The van der Waals surface area contributed by atoms with E-state index in [2.05, 4.69) is 24.2 Å². The molecule has 0 amide bonds. The molecular weight excluding hydrogens is 212 g/mol. The number of hydrogen-bond acceptors (Lipinski definition) is 3. The average Bonchev–Trinajstić information content (AvgIpc) is 2.29. The van der Waals surface area contributed by atoms with Gasteiger partial charge in [0, 0.05) is 19.7 Å². The zero-order valence-electron chi connectivity index (χ0n) is 11.7. The van der Waals surface area contributed by atoms with Crippen molar-refractivity contribution < 1.29 is 4.74 Å². The molecule has 3 heteroatoms. The minimum absolute atomic E-state index is 0.166. The van der Waals surface area contributed by atoms with Crippen LogP contribution in [0.15, 0.2) is 0 Å². The van der Waals surface area contributed by atoms with Crippen LogP contribution in [0.3, 0.4) is 0 Å². The van der Waals surface area contributed by atoms with Crippen LogP contribution in [-0.2, 0) is 4.74 Å². The van der Waals surface area contributed by atoms with E-state index in [1.54, 1.807) is 0 Å². The first-order valence-electron chi connectivity index (χ1n) is 7.12. The lowest BCUT2D eigenvalue weighted by Gasteiger charge is -2.42. The fourth-order valence-corrected chi connectivity index (χ4v) is 3.07. The molecule has 1 unspecified atom stereocenters. The van der Waals surface area contributed by atoms with Gasteiger partial charge in [0.05, 0.1) is 5.60 Å². The maximum Gasteiger partial charge on any atom is 0.0802 e. The summed E-state index contributed by atoms with van der Waals surface area (Å²) in [4.78, 5) is 2.44. The smallest absolute Gasteiger partial charge is 0.0802 e. The van der Waals surface area contributed by atoms with Gasteiger partial charge in [-0.25, -0.2) is 0 Å². The molecule has 100 valence electrons. The van der Waals surface area contributed by atoms with Gasteiger partial charge in [-0.2, -0.15) is 0 Å². The van der Waals surface area contributed by atoms with Crippen molar-refractivity contribution in [2.24, 2.45) is 5.92 Å². The maximum atomic E-state index is 5.66. The lowest BCUT2D eigenvalue weighted by Crippen LogP contribution is -2.51. The van der Waals surface area contributed by atoms with Crippen LogP contribution in [0.25, 0.3) is 0 Å². The molecule has 0 aromatic carbocycles. The first-order valence-corrected chi connectivity index (χ1v) is 7.12. The highest BCUT2D eigenvalue weighted by atomic mass is 16.5. The van der Waals surface area contributed by atoms with Crippen LogP contribution < -0.4 is 5.32 Å². The monoisotopic (exact) mass is 240 g/mol. The highest BCUT2D eigenvalue weighted by Gasteiger charge is 2.37. The summed E-state index contributed by atoms with van der Waals surface area (Å²) < 4.78 is 5.66. The van der Waals surface area contributed by atoms with Gasteiger partial charge in [-0.15, -0.1) is 0 Å². The van der Waals surface area contributed by atoms with Crippen LogP contribution in [0.4, 0.5) is 0 Å². The zero-order chi connectivity index (χ0) is 12.3. The van der Waals surface area contributed by atoms with Gasteiger partial charge < -0.3 is 15.0 Å². The fraction of sp³-hybridized carbons (Fsp3) is 1.00. The Balaban J connectivity index is 1.71. The average molecular weight is 240 g/mol. The SMILES string of the molecule is COC1(CNC(C)C2CCN(C)CC2)CCC1. The molecule has 1 aliphatic heterocycles. The third kappa shape index (κ3) is 3.21. The van der Waals surface area contributed by atoms with Gasteiger partial charge in [-0.1, -0.05) is 0 Å². The van der Waals surface area contributed by atoms with E-state index in [-0.39, 0.29) is 5.60 Å². The molecule has 1 aliphatic carbocycles. The summed E-state index contributed by atoms with van der Waals surface area (Å²) in [6.45, 7) is 5.90. The van der Waals surface area contributed by atoms with Crippen LogP contribution in [0.5, 0.6) is 0 Å². The molecule has 0 bridgehead atoms. The number of nitrogens with one attached hydrogen (secondary N) is 1. The first-order chi connectivity index (χ1) is 8.15. The normalized spacial score (nSPS) is 27.7. The highest BCUT2D eigenvalue weighted by Crippen LogP contribution is 2.34. The van der Waals surface area contributed by atoms with Crippen molar-refractivity contribution in [3.05, 3.63) is 0 Å². The van der Waals surface area contributed by atoms with Crippen LogP contribution in [0, 0.1) is 5.92 Å². The number of rotatable bonds is 5. The Morgan fingerprint density at radius 3 is 2.47 bits per heavy atom. The highest BCUT2D eigenvalue weighted by molar-refractivity contribution is 4.92. The summed E-state index contributed by atoms with van der Waals surface area (Å²) in [5.74, 6) is 0.847. The summed E-state index contributed by atoms with van der Waals surface area (Å²) >= 11 is 0. The van der Waals surface area contributed by atoms with Gasteiger partial charge in [0.15, 0.2) is 0 Å². The van der Waals surface area contributed by atoms with E-state index in [9.17, 15) is 0 Å². The van der Waals surface area contributed by atoms with Crippen molar-refractivity contribution in [3.63, 3.8) is 0 Å². The van der Waals surface area contributed by atoms with Crippen LogP contribution in [0.1, 0.15) is 39.0 Å². The zero-order valence-corrected chi connectivity index (χ0v) is 11.7. The third-order valence-corrected chi connectivity index (χ3v) is 4.91. The third-order valence-electron chi connectivity index (χ3n) is 4.91. The Kier molecular flexibility index (Phi) is 4.45. The summed E-state index contributed by atoms with van der Waals surface area (Å²) in [5.41, 5.74) is 0.166. The molecular formula is C14H28N2O. The topological polar surface area (TPSA) is 24.5 Å². The van der Waals surface area contributed by atoms with Crippen LogP contribution >= 0.6 is 0 Å². The van der Waals surface area contributed by atoms with Gasteiger partial charge in [-0.3, -0.25) is 0 Å². The Morgan fingerprint density at radius 2 is 2.00 bits per heavy atom. The van der Waals surface area contributed by atoms with Gasteiger partial charge in [-0.05, 0) is 65.1 Å². The molecule has 1 saturated carbocycles. The molecule has 0 spiro atoms. The van der Waals surface area contributed by atoms with E-state index in [1.165, 1.54) is 45.2 Å². The minimum atomic E-state index is 0.166. The predicted molar refractivity (Wildman–Crippen MR) is 71.3 cm³/mol. The summed E-state index contributed by atoms with van der Waals surface area (Å²) in [5, 5.41) is 3.72. The molecule has 0 aromatic heterocycles. The van der Waals surface area contributed by atoms with Gasteiger partial charge >= 0.3 is 0 Å². The van der Waals surface area contributed by atoms with Crippen molar-refractivity contribution in [2.75, 3.05) is 33.8 Å². The number of ether oxygens (including phenoxy) is 1. The molecule has 0 radical (unpaired) electrons. The molecule has 3 nitrogen and oxygen atoms in total. The fourth-order valence-electron chi connectivity index (χ4n) is 3.07. The number of methoxy groups -OCH3 is 1. The van der Waals surface area contributed by atoms with Gasteiger partial charge in [0.1, 0.15) is 0 Å². The second-order valence-electron chi connectivity index (χ2n) is 6.05. The second-order valence-corrected chi connectivity index (χ2v) is 6.05. The maximum absolute atomic E-state index is 5.66. The van der Waals surface area contributed by atoms with E-state index in [4.69, 9.17) is 4.74 Å². The Morgan fingerprint density at radius 1 is 1.35 bits per heavy atom. The molecule has 2 fully saturated rings. The number of piperidine rings is 1. The van der Waals surface area contributed by atoms with Crippen molar-refractivity contribution >= 4 is 0 Å². The first kappa shape index (κ1) is 13.3.